The highest BCUT2D eigenvalue weighted by molar-refractivity contribution is 7.07. The number of carbonyl (C=O) groups is 2. The van der Waals surface area contributed by atoms with Crippen molar-refractivity contribution >= 4 is 29.0 Å². The van der Waals surface area contributed by atoms with Gasteiger partial charge in [-0.2, -0.15) is 11.3 Å². The molecule has 0 unspecified atom stereocenters. The molecule has 0 aliphatic rings. The van der Waals surface area contributed by atoms with Gasteiger partial charge in [-0.15, -0.1) is 0 Å². The van der Waals surface area contributed by atoms with Gasteiger partial charge in [-0.05, 0) is 46.5 Å². The van der Waals surface area contributed by atoms with Crippen molar-refractivity contribution in [2.24, 2.45) is 0 Å². The van der Waals surface area contributed by atoms with Crippen molar-refractivity contribution in [3.63, 3.8) is 0 Å². The molecule has 1 aromatic carbocycles. The number of carbonyl (C=O) groups excluding carboxylic acids is 1. The first-order valence-electron chi connectivity index (χ1n) is 6.50. The van der Waals surface area contributed by atoms with Crippen molar-refractivity contribution in [3.05, 3.63) is 52.2 Å². The van der Waals surface area contributed by atoms with E-state index < -0.39 is 5.97 Å². The molecule has 6 heteroatoms. The summed E-state index contributed by atoms with van der Waals surface area (Å²) in [4.78, 5) is 22.4. The number of rotatable bonds is 6. The van der Waals surface area contributed by atoms with Crippen LogP contribution in [-0.2, 0) is 17.6 Å². The summed E-state index contributed by atoms with van der Waals surface area (Å²) in [6.45, 7) is 0.553. The molecule has 0 fully saturated rings. The lowest BCUT2D eigenvalue weighted by Gasteiger charge is -2.08. The van der Waals surface area contributed by atoms with Gasteiger partial charge in [0.25, 0.3) is 0 Å². The van der Waals surface area contributed by atoms with E-state index in [1.807, 2.05) is 11.4 Å². The van der Waals surface area contributed by atoms with Crippen molar-refractivity contribution in [2.75, 3.05) is 11.9 Å². The number of anilines is 1. The highest BCUT2D eigenvalue weighted by Crippen LogP contribution is 2.11. The van der Waals surface area contributed by atoms with Crippen LogP contribution >= 0.6 is 11.3 Å². The Hall–Kier alpha value is -2.34. The maximum absolute atomic E-state index is 11.7. The molecule has 3 N–H and O–H groups in total. The molecule has 0 radical (unpaired) electrons. The number of thiophene rings is 1. The second-order valence-electron chi connectivity index (χ2n) is 4.53. The lowest BCUT2D eigenvalue weighted by molar-refractivity contribution is -0.136. The molecule has 0 atom stereocenters. The molecular weight excluding hydrogens is 288 g/mol. The van der Waals surface area contributed by atoms with E-state index >= 15 is 0 Å². The molecule has 1 aromatic heterocycles. The van der Waals surface area contributed by atoms with Gasteiger partial charge in [0.2, 0.25) is 0 Å². The zero-order valence-electron chi connectivity index (χ0n) is 11.3. The van der Waals surface area contributed by atoms with Crippen LogP contribution in [0.4, 0.5) is 10.5 Å². The molecule has 1 heterocycles. The van der Waals surface area contributed by atoms with Crippen molar-refractivity contribution in [2.45, 2.75) is 12.8 Å². The molecule has 110 valence electrons. The van der Waals surface area contributed by atoms with E-state index in [-0.39, 0.29) is 12.5 Å². The lowest BCUT2D eigenvalue weighted by atomic mass is 10.1. The van der Waals surface area contributed by atoms with Crippen LogP contribution in [0.5, 0.6) is 0 Å². The van der Waals surface area contributed by atoms with Gasteiger partial charge in [0.05, 0.1) is 6.42 Å². The molecule has 0 aliphatic carbocycles. The van der Waals surface area contributed by atoms with Crippen LogP contribution in [0.1, 0.15) is 11.1 Å². The third-order valence-electron chi connectivity index (χ3n) is 2.82. The average Bonchev–Trinajstić information content (AvgIpc) is 2.91. The third kappa shape index (κ3) is 5.27. The van der Waals surface area contributed by atoms with Gasteiger partial charge in [-0.3, -0.25) is 4.79 Å². The van der Waals surface area contributed by atoms with Gasteiger partial charge in [0, 0.05) is 12.2 Å². The fourth-order valence-electron chi connectivity index (χ4n) is 1.86. The van der Waals surface area contributed by atoms with Gasteiger partial charge < -0.3 is 15.7 Å². The van der Waals surface area contributed by atoms with Gasteiger partial charge in [-0.25, -0.2) is 4.79 Å². The number of amides is 2. The van der Waals surface area contributed by atoms with Crippen molar-refractivity contribution in [1.29, 1.82) is 0 Å². The summed E-state index contributed by atoms with van der Waals surface area (Å²) in [5, 5.41) is 18.3. The Labute approximate surface area is 126 Å². The number of urea groups is 1. The summed E-state index contributed by atoms with van der Waals surface area (Å²) in [5.74, 6) is -0.896. The smallest absolute Gasteiger partial charge is 0.319 e. The van der Waals surface area contributed by atoms with Crippen LogP contribution in [0.3, 0.4) is 0 Å². The number of carboxylic acids is 1. The monoisotopic (exact) mass is 304 g/mol. The van der Waals surface area contributed by atoms with Crippen molar-refractivity contribution in [3.8, 4) is 0 Å². The van der Waals surface area contributed by atoms with Gasteiger partial charge in [-0.1, -0.05) is 12.1 Å². The summed E-state index contributed by atoms with van der Waals surface area (Å²) >= 11 is 1.63. The molecule has 0 saturated carbocycles. The lowest BCUT2D eigenvalue weighted by Crippen LogP contribution is -2.30. The first-order valence-corrected chi connectivity index (χ1v) is 7.44. The number of hydrogen-bond donors (Lipinski definition) is 3. The maximum Gasteiger partial charge on any atom is 0.319 e. The fourth-order valence-corrected chi connectivity index (χ4v) is 2.57. The van der Waals surface area contributed by atoms with Crippen LogP contribution in [-0.4, -0.2) is 23.7 Å². The Balaban J connectivity index is 1.80. The molecule has 0 bridgehead atoms. The van der Waals surface area contributed by atoms with Crippen LogP contribution in [0.15, 0.2) is 41.1 Å². The Bertz CT molecular complexity index is 611. The van der Waals surface area contributed by atoms with Crippen LogP contribution in [0, 0.1) is 0 Å². The van der Waals surface area contributed by atoms with Crippen molar-refractivity contribution < 1.29 is 14.7 Å². The normalized spacial score (nSPS) is 10.1. The van der Waals surface area contributed by atoms with E-state index in [0.29, 0.717) is 17.8 Å². The molecular formula is C15H16N2O3S. The first kappa shape index (κ1) is 15.1. The minimum atomic E-state index is -0.896. The topological polar surface area (TPSA) is 78.4 Å². The zero-order valence-corrected chi connectivity index (χ0v) is 12.2. The van der Waals surface area contributed by atoms with Crippen LogP contribution in [0.25, 0.3) is 0 Å². The number of carboxylic acid groups (broad SMARTS) is 1. The number of nitrogens with one attached hydrogen (secondary N) is 2. The molecule has 2 amide bonds. The van der Waals surface area contributed by atoms with Gasteiger partial charge in [0.15, 0.2) is 0 Å². The average molecular weight is 304 g/mol. The predicted octanol–water partition coefficient (Wildman–Crippen LogP) is 2.74. The molecule has 0 aliphatic heterocycles. The van der Waals surface area contributed by atoms with E-state index in [1.54, 1.807) is 35.6 Å². The SMILES string of the molecule is O=C(O)Cc1cccc(NC(=O)NCCc2ccsc2)c1. The summed E-state index contributed by atoms with van der Waals surface area (Å²) in [5.41, 5.74) is 2.43. The number of benzene rings is 1. The summed E-state index contributed by atoms with van der Waals surface area (Å²) in [6.07, 6.45) is 0.727. The summed E-state index contributed by atoms with van der Waals surface area (Å²) in [6, 6.07) is 8.56. The zero-order chi connectivity index (χ0) is 15.1. The second-order valence-corrected chi connectivity index (χ2v) is 5.31. The minimum Gasteiger partial charge on any atom is -0.481 e. The third-order valence-corrected chi connectivity index (χ3v) is 3.55. The van der Waals surface area contributed by atoms with E-state index in [0.717, 1.165) is 6.42 Å². The molecule has 2 rings (SSSR count). The first-order chi connectivity index (χ1) is 10.1. The van der Waals surface area contributed by atoms with Gasteiger partial charge in [0.1, 0.15) is 0 Å². The highest BCUT2D eigenvalue weighted by Gasteiger charge is 2.04. The molecule has 21 heavy (non-hydrogen) atoms. The standard InChI is InChI=1S/C15H16N2O3S/c18-14(19)9-12-2-1-3-13(8-12)17-15(20)16-6-4-11-5-7-21-10-11/h1-3,5,7-8,10H,4,6,9H2,(H,18,19)(H2,16,17,20). The van der Waals surface area contributed by atoms with Crippen LogP contribution in [0.2, 0.25) is 0 Å². The highest BCUT2D eigenvalue weighted by atomic mass is 32.1. The van der Waals surface area contributed by atoms with E-state index in [4.69, 9.17) is 5.11 Å². The largest absolute Gasteiger partial charge is 0.481 e. The molecule has 2 aromatic rings. The van der Waals surface area contributed by atoms with Crippen molar-refractivity contribution in [1.82, 2.24) is 5.32 Å². The van der Waals surface area contributed by atoms with E-state index in [2.05, 4.69) is 16.0 Å². The quantitative estimate of drug-likeness (QED) is 0.768. The van der Waals surface area contributed by atoms with E-state index in [9.17, 15) is 9.59 Å². The fraction of sp³-hybridized carbons (Fsp3) is 0.200. The Morgan fingerprint density at radius 1 is 1.19 bits per heavy atom. The predicted molar refractivity (Wildman–Crippen MR) is 82.8 cm³/mol. The Morgan fingerprint density at radius 3 is 2.76 bits per heavy atom. The Kier molecular flexibility index (Phi) is 5.34. The van der Waals surface area contributed by atoms with Crippen LogP contribution < -0.4 is 10.6 Å². The number of hydrogen-bond acceptors (Lipinski definition) is 3. The summed E-state index contributed by atoms with van der Waals surface area (Å²) < 4.78 is 0. The summed E-state index contributed by atoms with van der Waals surface area (Å²) in [7, 11) is 0. The second kappa shape index (κ2) is 7.44. The minimum absolute atomic E-state index is 0.0602. The molecule has 0 saturated heterocycles. The number of aliphatic carboxylic acids is 1. The molecule has 0 spiro atoms. The van der Waals surface area contributed by atoms with E-state index in [1.165, 1.54) is 5.56 Å². The molecule has 5 nitrogen and oxygen atoms in total. The Morgan fingerprint density at radius 2 is 2.05 bits per heavy atom. The maximum atomic E-state index is 11.7. The van der Waals surface area contributed by atoms with Gasteiger partial charge >= 0.3 is 12.0 Å².